The lowest BCUT2D eigenvalue weighted by atomic mass is 9.83. The Morgan fingerprint density at radius 1 is 1.00 bits per heavy atom. The minimum atomic E-state index is -0.313. The smallest absolute Gasteiger partial charge is 0.198 e. The van der Waals surface area contributed by atoms with E-state index in [0.29, 0.717) is 21.2 Å². The van der Waals surface area contributed by atoms with Crippen molar-refractivity contribution in [1.29, 1.82) is 0 Å². The van der Waals surface area contributed by atoms with Crippen molar-refractivity contribution in [3.63, 3.8) is 0 Å². The van der Waals surface area contributed by atoms with Crippen LogP contribution in [-0.2, 0) is 0 Å². The van der Waals surface area contributed by atoms with E-state index < -0.39 is 0 Å². The fourth-order valence-corrected chi connectivity index (χ4v) is 3.08. The molecule has 3 rings (SSSR count). The van der Waals surface area contributed by atoms with Gasteiger partial charge in [-0.3, -0.25) is 9.59 Å². The lowest BCUT2D eigenvalue weighted by Gasteiger charge is -2.20. The summed E-state index contributed by atoms with van der Waals surface area (Å²) in [6.45, 7) is 1.69. The van der Waals surface area contributed by atoms with Crippen molar-refractivity contribution in [1.82, 2.24) is 0 Å². The van der Waals surface area contributed by atoms with Crippen molar-refractivity contribution in [3.05, 3.63) is 62.6 Å². The van der Waals surface area contributed by atoms with Crippen molar-refractivity contribution >= 4 is 27.5 Å². The van der Waals surface area contributed by atoms with Crippen LogP contribution in [0.2, 0.25) is 0 Å². The van der Waals surface area contributed by atoms with Crippen LogP contribution >= 0.6 is 15.9 Å². The highest BCUT2D eigenvalue weighted by Gasteiger charge is 2.34. The number of hydrogen-bond donors (Lipinski definition) is 1. The minimum Gasteiger partial charge on any atom is -0.507 e. The third-order valence-electron chi connectivity index (χ3n) is 3.31. The van der Waals surface area contributed by atoms with Gasteiger partial charge in [0.15, 0.2) is 11.6 Å². The SMILES string of the molecule is Cc1cc(Br)c2c(c1O)C(=O)c1ccccc1C2=O. The summed E-state index contributed by atoms with van der Waals surface area (Å²) < 4.78 is 0.533. The first-order valence-corrected chi connectivity index (χ1v) is 6.52. The topological polar surface area (TPSA) is 54.4 Å². The quantitative estimate of drug-likeness (QED) is 0.692. The van der Waals surface area contributed by atoms with Gasteiger partial charge in [0.2, 0.25) is 0 Å². The minimum absolute atomic E-state index is 0.0931. The Bertz CT molecular complexity index is 747. The first-order chi connectivity index (χ1) is 9.02. The zero-order valence-electron chi connectivity index (χ0n) is 10.0. The van der Waals surface area contributed by atoms with Gasteiger partial charge in [0.1, 0.15) is 5.75 Å². The van der Waals surface area contributed by atoms with Crippen molar-refractivity contribution in [2.75, 3.05) is 0 Å². The Labute approximate surface area is 118 Å². The van der Waals surface area contributed by atoms with E-state index in [9.17, 15) is 14.7 Å². The number of halogens is 1. The van der Waals surface area contributed by atoms with Crippen LogP contribution in [0, 0.1) is 6.92 Å². The molecule has 1 aliphatic carbocycles. The van der Waals surface area contributed by atoms with E-state index in [2.05, 4.69) is 15.9 Å². The Balaban J connectivity index is 2.43. The fraction of sp³-hybridized carbons (Fsp3) is 0.0667. The van der Waals surface area contributed by atoms with E-state index >= 15 is 0 Å². The van der Waals surface area contributed by atoms with Crippen LogP contribution in [0.3, 0.4) is 0 Å². The second kappa shape index (κ2) is 4.03. The molecule has 1 aliphatic rings. The van der Waals surface area contributed by atoms with Gasteiger partial charge in [-0.15, -0.1) is 0 Å². The van der Waals surface area contributed by atoms with Gasteiger partial charge in [0.05, 0.1) is 11.1 Å². The van der Waals surface area contributed by atoms with Gasteiger partial charge in [-0.05, 0) is 34.5 Å². The van der Waals surface area contributed by atoms with Gasteiger partial charge in [0.25, 0.3) is 0 Å². The number of rotatable bonds is 0. The number of ketones is 2. The first-order valence-electron chi connectivity index (χ1n) is 5.73. The molecule has 0 heterocycles. The van der Waals surface area contributed by atoms with Crippen LogP contribution in [0.15, 0.2) is 34.8 Å². The molecule has 1 N–H and O–H groups in total. The average Bonchev–Trinajstić information content (AvgIpc) is 2.40. The van der Waals surface area contributed by atoms with Gasteiger partial charge in [-0.25, -0.2) is 0 Å². The van der Waals surface area contributed by atoms with Gasteiger partial charge < -0.3 is 5.11 Å². The maximum absolute atomic E-state index is 12.4. The Morgan fingerprint density at radius 2 is 1.53 bits per heavy atom. The molecule has 0 aliphatic heterocycles. The van der Waals surface area contributed by atoms with Crippen LogP contribution in [0.1, 0.15) is 37.4 Å². The zero-order chi connectivity index (χ0) is 13.7. The number of benzene rings is 2. The van der Waals surface area contributed by atoms with Crippen molar-refractivity contribution in [2.45, 2.75) is 6.92 Å². The summed E-state index contributed by atoms with van der Waals surface area (Å²) in [6, 6.07) is 8.30. The van der Waals surface area contributed by atoms with Crippen LogP contribution in [0.5, 0.6) is 5.75 Å². The van der Waals surface area contributed by atoms with Crippen molar-refractivity contribution in [3.8, 4) is 5.75 Å². The number of phenols is 1. The van der Waals surface area contributed by atoms with E-state index in [1.807, 2.05) is 0 Å². The molecular weight excluding hydrogens is 308 g/mol. The molecule has 4 heteroatoms. The highest BCUT2D eigenvalue weighted by molar-refractivity contribution is 9.10. The van der Waals surface area contributed by atoms with E-state index in [1.165, 1.54) is 0 Å². The molecule has 0 amide bonds. The largest absolute Gasteiger partial charge is 0.507 e. The Morgan fingerprint density at radius 3 is 2.11 bits per heavy atom. The van der Waals surface area contributed by atoms with Crippen LogP contribution in [0.25, 0.3) is 0 Å². The van der Waals surface area contributed by atoms with Crippen LogP contribution in [-0.4, -0.2) is 16.7 Å². The molecule has 19 heavy (non-hydrogen) atoms. The summed E-state index contributed by atoms with van der Waals surface area (Å²) >= 11 is 3.30. The summed E-state index contributed by atoms with van der Waals surface area (Å²) in [6.07, 6.45) is 0. The third-order valence-corrected chi connectivity index (χ3v) is 3.94. The number of aryl methyl sites for hydroxylation is 1. The van der Waals surface area contributed by atoms with Gasteiger partial charge in [-0.1, -0.05) is 24.3 Å². The standard InChI is InChI=1S/C15H9BrO3/c1-7-6-10(16)11-12(13(7)17)15(19)9-5-3-2-4-8(9)14(11)18/h2-6,17H,1H3. The van der Waals surface area contributed by atoms with E-state index in [4.69, 9.17) is 0 Å². The molecule has 94 valence electrons. The maximum Gasteiger partial charge on any atom is 0.198 e. The molecule has 0 radical (unpaired) electrons. The summed E-state index contributed by atoms with van der Waals surface area (Å²) in [7, 11) is 0. The molecule has 0 saturated carbocycles. The lowest BCUT2D eigenvalue weighted by Crippen LogP contribution is -2.21. The molecular formula is C15H9BrO3. The molecule has 0 atom stereocenters. The number of carbonyl (C=O) groups excluding carboxylic acids is 2. The highest BCUT2D eigenvalue weighted by atomic mass is 79.9. The van der Waals surface area contributed by atoms with Crippen molar-refractivity contribution in [2.24, 2.45) is 0 Å². The highest BCUT2D eigenvalue weighted by Crippen LogP contribution is 2.38. The molecule has 0 spiro atoms. The maximum atomic E-state index is 12.4. The zero-order valence-corrected chi connectivity index (χ0v) is 11.6. The average molecular weight is 317 g/mol. The molecule has 3 nitrogen and oxygen atoms in total. The summed E-state index contributed by atoms with van der Waals surface area (Å²) in [5.74, 6) is -0.675. The van der Waals surface area contributed by atoms with Crippen LogP contribution in [0.4, 0.5) is 0 Å². The number of carbonyl (C=O) groups is 2. The molecule has 0 unspecified atom stereocenters. The van der Waals surface area contributed by atoms with E-state index in [0.717, 1.165) is 0 Å². The molecule has 0 saturated heterocycles. The fourth-order valence-electron chi connectivity index (χ4n) is 2.36. The molecule has 2 aromatic carbocycles. The molecule has 0 aromatic heterocycles. The van der Waals surface area contributed by atoms with Gasteiger partial charge >= 0.3 is 0 Å². The number of fused-ring (bicyclic) bond motifs is 2. The molecule has 0 fully saturated rings. The summed E-state index contributed by atoms with van der Waals surface area (Å²) in [4.78, 5) is 24.9. The Hall–Kier alpha value is -1.94. The first kappa shape index (κ1) is 12.1. The Kier molecular flexibility index (Phi) is 2.57. The number of phenolic OH excluding ortho intramolecular Hbond substituents is 1. The second-order valence-corrected chi connectivity index (χ2v) is 5.33. The van der Waals surface area contributed by atoms with Crippen LogP contribution < -0.4 is 0 Å². The predicted octanol–water partition coefficient (Wildman–Crippen LogP) is 3.24. The van der Waals surface area contributed by atoms with Crippen molar-refractivity contribution < 1.29 is 14.7 Å². The molecule has 2 aromatic rings. The molecule has 0 bridgehead atoms. The summed E-state index contributed by atoms with van der Waals surface area (Å²) in [5, 5.41) is 10.1. The van der Waals surface area contributed by atoms with E-state index in [1.54, 1.807) is 37.3 Å². The second-order valence-electron chi connectivity index (χ2n) is 4.48. The predicted molar refractivity (Wildman–Crippen MR) is 73.9 cm³/mol. The number of aromatic hydroxyl groups is 1. The normalized spacial score (nSPS) is 13.2. The van der Waals surface area contributed by atoms with Gasteiger partial charge in [-0.2, -0.15) is 0 Å². The van der Waals surface area contributed by atoms with Gasteiger partial charge in [0, 0.05) is 15.6 Å². The lowest BCUT2D eigenvalue weighted by molar-refractivity contribution is 0.0976. The van der Waals surface area contributed by atoms with E-state index in [-0.39, 0.29) is 28.4 Å². The third kappa shape index (κ3) is 1.56. The number of hydrogen-bond acceptors (Lipinski definition) is 3. The summed E-state index contributed by atoms with van der Waals surface area (Å²) in [5.41, 5.74) is 1.62. The monoisotopic (exact) mass is 316 g/mol.